The highest BCUT2D eigenvalue weighted by Gasteiger charge is 2.18. The molecule has 7 heteroatoms. The summed E-state index contributed by atoms with van der Waals surface area (Å²) >= 11 is 0. The van der Waals surface area contributed by atoms with Crippen LogP contribution >= 0.6 is 0 Å². The third-order valence-electron chi connectivity index (χ3n) is 5.87. The summed E-state index contributed by atoms with van der Waals surface area (Å²) in [6, 6.07) is 23.1. The number of rotatable bonds is 8. The third kappa shape index (κ3) is 5.78. The largest absolute Gasteiger partial charge is 0.365 e. The monoisotopic (exact) mass is 475 g/mol. The van der Waals surface area contributed by atoms with E-state index in [2.05, 4.69) is 15.3 Å². The molecule has 2 aromatic carbocycles. The molecule has 0 aliphatic rings. The van der Waals surface area contributed by atoms with Crippen LogP contribution in [0.4, 0.5) is 10.2 Å². The minimum atomic E-state index is -0.324. The van der Waals surface area contributed by atoms with E-state index in [9.17, 15) is 14.4 Å². The first-order valence-corrected chi connectivity index (χ1v) is 11.3. The maximum Gasteiger partial charge on any atom is 0.167 e. The van der Waals surface area contributed by atoms with Gasteiger partial charge in [0.1, 0.15) is 29.5 Å². The molecule has 36 heavy (non-hydrogen) atoms. The number of hydrogen-bond acceptors (Lipinski definition) is 6. The Morgan fingerprint density at radius 1 is 0.972 bits per heavy atom. The van der Waals surface area contributed by atoms with E-state index in [1.54, 1.807) is 30.5 Å². The summed E-state index contributed by atoms with van der Waals surface area (Å²) in [5.74, 6) is -0.197. The van der Waals surface area contributed by atoms with Gasteiger partial charge in [-0.3, -0.25) is 4.79 Å². The fourth-order valence-electron chi connectivity index (χ4n) is 3.85. The number of carbonyl (C=O) groups excluding carboxylic acids is 1. The van der Waals surface area contributed by atoms with E-state index in [-0.39, 0.29) is 23.9 Å². The molecule has 0 aliphatic carbocycles. The molecule has 0 spiro atoms. The Labute approximate surface area is 208 Å². The maximum absolute atomic E-state index is 13.2. The minimum Gasteiger partial charge on any atom is -0.365 e. The lowest BCUT2D eigenvalue weighted by Crippen LogP contribution is -2.11. The lowest BCUT2D eigenvalue weighted by Gasteiger charge is -2.14. The lowest BCUT2D eigenvalue weighted by atomic mass is 9.93. The van der Waals surface area contributed by atoms with Gasteiger partial charge in [-0.25, -0.2) is 14.4 Å². The molecule has 0 saturated heterocycles. The number of nitriles is 2. The number of nitrogens with one attached hydrogen (secondary N) is 1. The van der Waals surface area contributed by atoms with Gasteiger partial charge in [-0.2, -0.15) is 10.5 Å². The van der Waals surface area contributed by atoms with E-state index in [4.69, 9.17) is 5.26 Å². The van der Waals surface area contributed by atoms with Gasteiger partial charge < -0.3 is 5.32 Å². The van der Waals surface area contributed by atoms with Gasteiger partial charge in [0, 0.05) is 25.4 Å². The van der Waals surface area contributed by atoms with Crippen molar-refractivity contribution in [2.45, 2.75) is 25.8 Å². The first kappa shape index (κ1) is 24.3. The number of halogens is 1. The van der Waals surface area contributed by atoms with E-state index in [0.29, 0.717) is 29.2 Å². The van der Waals surface area contributed by atoms with Gasteiger partial charge >= 0.3 is 0 Å². The van der Waals surface area contributed by atoms with Crippen LogP contribution < -0.4 is 5.32 Å². The molecule has 2 heterocycles. The van der Waals surface area contributed by atoms with Crippen molar-refractivity contribution >= 4 is 11.6 Å². The van der Waals surface area contributed by atoms with Crippen molar-refractivity contribution in [3.05, 3.63) is 113 Å². The van der Waals surface area contributed by atoms with Crippen molar-refractivity contribution in [1.29, 1.82) is 10.5 Å². The third-order valence-corrected chi connectivity index (χ3v) is 5.87. The standard InChI is InChI=1S/C29H22FN5O/c1-19(22-6-8-25(30)9-7-22)12-28(36)27-13-21(15-31)18-35-29(27)34-17-20-2-4-23(5-3-20)24-10-11-33-26(14-24)16-32/h2-11,13-14,18-19H,12,17H2,1H3,(H,34,35)/t19-/m1/s1. The second-order valence-corrected chi connectivity index (χ2v) is 8.40. The summed E-state index contributed by atoms with van der Waals surface area (Å²) in [6.07, 6.45) is 3.24. The number of nitrogens with zero attached hydrogens (tertiary/aromatic N) is 4. The number of anilines is 1. The molecule has 176 valence electrons. The SMILES string of the molecule is C[C@H](CC(=O)c1cc(C#N)cnc1NCc1ccc(-c2ccnc(C#N)c2)cc1)c1ccc(F)cc1. The fraction of sp³-hybridized carbons (Fsp3) is 0.138. The fourth-order valence-corrected chi connectivity index (χ4v) is 3.85. The molecular formula is C29H22FN5O. The van der Waals surface area contributed by atoms with E-state index in [1.165, 1.54) is 18.3 Å². The van der Waals surface area contributed by atoms with Gasteiger partial charge in [-0.05, 0) is 58.5 Å². The molecule has 1 atom stereocenters. The summed E-state index contributed by atoms with van der Waals surface area (Å²) in [6.45, 7) is 2.33. The van der Waals surface area contributed by atoms with E-state index < -0.39 is 0 Å². The Morgan fingerprint density at radius 2 is 1.72 bits per heavy atom. The molecule has 0 aliphatic heterocycles. The van der Waals surface area contributed by atoms with Crippen molar-refractivity contribution in [3.8, 4) is 23.3 Å². The van der Waals surface area contributed by atoms with Crippen LogP contribution in [0.3, 0.4) is 0 Å². The van der Waals surface area contributed by atoms with E-state index in [0.717, 1.165) is 22.3 Å². The molecule has 0 amide bonds. The zero-order chi connectivity index (χ0) is 25.5. The quantitative estimate of drug-likeness (QED) is 0.313. The van der Waals surface area contributed by atoms with Crippen LogP contribution in [0.2, 0.25) is 0 Å². The van der Waals surface area contributed by atoms with Crippen LogP contribution in [-0.4, -0.2) is 15.8 Å². The molecule has 0 unspecified atom stereocenters. The Bertz CT molecular complexity index is 1470. The van der Waals surface area contributed by atoms with Gasteiger partial charge in [0.2, 0.25) is 0 Å². The predicted molar refractivity (Wildman–Crippen MR) is 134 cm³/mol. The Kier molecular flexibility index (Phi) is 7.43. The van der Waals surface area contributed by atoms with Gasteiger partial charge in [-0.1, -0.05) is 43.3 Å². The predicted octanol–water partition coefficient (Wildman–Crippen LogP) is 6.01. The first-order valence-electron chi connectivity index (χ1n) is 11.3. The van der Waals surface area contributed by atoms with Crippen molar-refractivity contribution < 1.29 is 9.18 Å². The van der Waals surface area contributed by atoms with Crippen LogP contribution in [0.1, 0.15) is 52.0 Å². The number of pyridine rings is 2. The zero-order valence-corrected chi connectivity index (χ0v) is 19.6. The average molecular weight is 476 g/mol. The van der Waals surface area contributed by atoms with Gasteiger partial charge in [-0.15, -0.1) is 0 Å². The van der Waals surface area contributed by atoms with Crippen LogP contribution in [-0.2, 0) is 6.54 Å². The molecule has 0 radical (unpaired) electrons. The number of carbonyl (C=O) groups is 1. The molecule has 4 aromatic rings. The molecule has 0 bridgehead atoms. The van der Waals surface area contributed by atoms with Gasteiger partial charge in [0.25, 0.3) is 0 Å². The summed E-state index contributed by atoms with van der Waals surface area (Å²) in [5.41, 5.74) is 4.70. The number of aromatic nitrogens is 2. The Morgan fingerprint density at radius 3 is 2.42 bits per heavy atom. The summed E-state index contributed by atoms with van der Waals surface area (Å²) < 4.78 is 13.2. The van der Waals surface area contributed by atoms with Crippen molar-refractivity contribution in [3.63, 3.8) is 0 Å². The highest BCUT2D eigenvalue weighted by molar-refractivity contribution is 6.01. The van der Waals surface area contributed by atoms with Crippen molar-refractivity contribution in [1.82, 2.24) is 9.97 Å². The highest BCUT2D eigenvalue weighted by Crippen LogP contribution is 2.25. The van der Waals surface area contributed by atoms with Crippen LogP contribution in [0.5, 0.6) is 0 Å². The average Bonchev–Trinajstić information content (AvgIpc) is 2.92. The van der Waals surface area contributed by atoms with Crippen LogP contribution in [0.15, 0.2) is 79.1 Å². The zero-order valence-electron chi connectivity index (χ0n) is 19.6. The molecule has 0 fully saturated rings. The second-order valence-electron chi connectivity index (χ2n) is 8.40. The molecule has 6 nitrogen and oxygen atoms in total. The Balaban J connectivity index is 1.48. The Hall–Kier alpha value is -4.88. The molecule has 1 N–H and O–H groups in total. The van der Waals surface area contributed by atoms with E-state index in [1.807, 2.05) is 49.4 Å². The van der Waals surface area contributed by atoms with Gasteiger partial charge in [0.05, 0.1) is 11.1 Å². The molecular weight excluding hydrogens is 453 g/mol. The number of ketones is 1. The lowest BCUT2D eigenvalue weighted by molar-refractivity contribution is 0.0976. The number of Topliss-reactive ketones (excluding diaryl/α,β-unsaturated/α-hetero) is 1. The summed E-state index contributed by atoms with van der Waals surface area (Å²) in [4.78, 5) is 21.5. The normalized spacial score (nSPS) is 11.2. The van der Waals surface area contributed by atoms with Crippen LogP contribution in [0.25, 0.3) is 11.1 Å². The smallest absolute Gasteiger partial charge is 0.167 e. The van der Waals surface area contributed by atoms with Crippen molar-refractivity contribution in [2.75, 3.05) is 5.32 Å². The minimum absolute atomic E-state index is 0.126. The molecule has 0 saturated carbocycles. The summed E-state index contributed by atoms with van der Waals surface area (Å²) in [5, 5.41) is 21.6. The first-order chi connectivity index (χ1) is 17.5. The van der Waals surface area contributed by atoms with E-state index >= 15 is 0 Å². The van der Waals surface area contributed by atoms with Crippen LogP contribution in [0, 0.1) is 28.5 Å². The number of benzene rings is 2. The summed E-state index contributed by atoms with van der Waals surface area (Å²) in [7, 11) is 0. The van der Waals surface area contributed by atoms with Crippen molar-refractivity contribution in [2.24, 2.45) is 0 Å². The molecule has 2 aromatic heterocycles. The topological polar surface area (TPSA) is 102 Å². The maximum atomic E-state index is 13.2. The highest BCUT2D eigenvalue weighted by atomic mass is 19.1. The second kappa shape index (κ2) is 11.0. The van der Waals surface area contributed by atoms with Gasteiger partial charge in [0.15, 0.2) is 5.78 Å². The number of hydrogen-bond donors (Lipinski definition) is 1. The molecule has 4 rings (SSSR count).